The first-order valence-corrected chi connectivity index (χ1v) is 8.21. The number of halogens is 1. The number of carbonyl (C=O) groups excluding carboxylic acids is 2. The van der Waals surface area contributed by atoms with Crippen molar-refractivity contribution in [1.29, 1.82) is 0 Å². The first-order chi connectivity index (χ1) is 11.0. The topological polar surface area (TPSA) is 81.4 Å². The van der Waals surface area contributed by atoms with Gasteiger partial charge in [0.05, 0.1) is 12.1 Å². The molecule has 0 aliphatic heterocycles. The van der Waals surface area contributed by atoms with Crippen LogP contribution in [0.2, 0.25) is 0 Å². The van der Waals surface area contributed by atoms with Gasteiger partial charge in [-0.3, -0.25) is 9.59 Å². The zero-order valence-electron chi connectivity index (χ0n) is 14.8. The summed E-state index contributed by atoms with van der Waals surface area (Å²) in [6.07, 6.45) is 2.65. The number of hydrogen-bond donors (Lipinski definition) is 2. The minimum absolute atomic E-state index is 0. The molecule has 1 aromatic rings. The summed E-state index contributed by atoms with van der Waals surface area (Å²) in [7, 11) is 0. The van der Waals surface area contributed by atoms with Gasteiger partial charge in [-0.1, -0.05) is 26.0 Å². The lowest BCUT2D eigenvalue weighted by atomic mass is 9.92. The van der Waals surface area contributed by atoms with Crippen molar-refractivity contribution in [2.24, 2.45) is 5.73 Å². The SMILES string of the molecule is CCC(CC)(CN)NC(=O)CCCOc1cccc(C(C)=O)c1.Cl. The molecule has 1 rings (SSSR count). The molecule has 0 radical (unpaired) electrons. The van der Waals surface area contributed by atoms with Crippen LogP contribution in [0.5, 0.6) is 5.75 Å². The zero-order valence-corrected chi connectivity index (χ0v) is 15.6. The Balaban J connectivity index is 0.00000529. The van der Waals surface area contributed by atoms with Crippen LogP contribution in [-0.2, 0) is 4.79 Å². The number of amides is 1. The second kappa shape index (κ2) is 11.0. The third kappa shape index (κ3) is 6.89. The van der Waals surface area contributed by atoms with Gasteiger partial charge >= 0.3 is 0 Å². The number of Topliss-reactive ketones (excluding diaryl/α,β-unsaturated/α-hetero) is 1. The first-order valence-electron chi connectivity index (χ1n) is 8.21. The summed E-state index contributed by atoms with van der Waals surface area (Å²) in [5.41, 5.74) is 6.11. The van der Waals surface area contributed by atoms with Crippen LogP contribution in [0, 0.1) is 0 Å². The van der Waals surface area contributed by atoms with Crippen molar-refractivity contribution in [2.75, 3.05) is 13.2 Å². The predicted octanol–water partition coefficient (Wildman–Crippen LogP) is 3.10. The summed E-state index contributed by atoms with van der Waals surface area (Å²) in [6, 6.07) is 7.07. The predicted molar refractivity (Wildman–Crippen MR) is 98.9 cm³/mol. The Hall–Kier alpha value is -1.59. The van der Waals surface area contributed by atoms with Crippen LogP contribution in [0.1, 0.15) is 56.8 Å². The molecule has 0 bridgehead atoms. The fourth-order valence-corrected chi connectivity index (χ4v) is 2.35. The minimum atomic E-state index is -0.298. The molecule has 0 spiro atoms. The quantitative estimate of drug-likeness (QED) is 0.498. The first kappa shape index (κ1) is 22.4. The van der Waals surface area contributed by atoms with Gasteiger partial charge in [0, 0.05) is 18.5 Å². The Labute approximate surface area is 150 Å². The third-order valence-electron chi connectivity index (χ3n) is 4.21. The van der Waals surface area contributed by atoms with Crippen molar-refractivity contribution in [3.63, 3.8) is 0 Å². The zero-order chi connectivity index (χ0) is 17.3. The lowest BCUT2D eigenvalue weighted by molar-refractivity contribution is -0.123. The highest BCUT2D eigenvalue weighted by molar-refractivity contribution is 5.94. The molecule has 0 saturated heterocycles. The number of carbonyl (C=O) groups is 2. The number of rotatable bonds is 10. The molecule has 0 aromatic heterocycles. The largest absolute Gasteiger partial charge is 0.494 e. The highest BCUT2D eigenvalue weighted by Crippen LogP contribution is 2.15. The maximum atomic E-state index is 12.0. The van der Waals surface area contributed by atoms with Crippen LogP contribution in [0.15, 0.2) is 24.3 Å². The van der Waals surface area contributed by atoms with E-state index in [-0.39, 0.29) is 29.6 Å². The maximum absolute atomic E-state index is 12.0. The van der Waals surface area contributed by atoms with E-state index in [1.165, 1.54) is 6.92 Å². The van der Waals surface area contributed by atoms with E-state index in [1.54, 1.807) is 24.3 Å². The molecule has 1 aromatic carbocycles. The van der Waals surface area contributed by atoms with E-state index >= 15 is 0 Å². The molecular formula is C18H29ClN2O3. The van der Waals surface area contributed by atoms with E-state index in [2.05, 4.69) is 5.32 Å². The summed E-state index contributed by atoms with van der Waals surface area (Å²) >= 11 is 0. The fraction of sp³-hybridized carbons (Fsp3) is 0.556. The maximum Gasteiger partial charge on any atom is 0.220 e. The van der Waals surface area contributed by atoms with E-state index in [9.17, 15) is 9.59 Å². The lowest BCUT2D eigenvalue weighted by Gasteiger charge is -2.31. The number of benzene rings is 1. The van der Waals surface area contributed by atoms with Crippen molar-refractivity contribution < 1.29 is 14.3 Å². The molecule has 0 fully saturated rings. The molecule has 3 N–H and O–H groups in total. The Kier molecular flexibility index (Phi) is 10.3. The van der Waals surface area contributed by atoms with E-state index in [4.69, 9.17) is 10.5 Å². The van der Waals surface area contributed by atoms with Crippen LogP contribution in [-0.4, -0.2) is 30.4 Å². The summed E-state index contributed by atoms with van der Waals surface area (Å²) in [6.45, 7) is 6.46. The highest BCUT2D eigenvalue weighted by atomic mass is 35.5. The Morgan fingerprint density at radius 2 is 1.92 bits per heavy atom. The molecule has 136 valence electrons. The monoisotopic (exact) mass is 356 g/mol. The van der Waals surface area contributed by atoms with E-state index in [0.29, 0.717) is 37.3 Å². The molecule has 0 aliphatic carbocycles. The molecule has 0 unspecified atom stereocenters. The van der Waals surface area contributed by atoms with Gasteiger partial charge in [0.15, 0.2) is 5.78 Å². The van der Waals surface area contributed by atoms with E-state index in [1.807, 2.05) is 13.8 Å². The Bertz CT molecular complexity index is 522. The number of ether oxygens (including phenoxy) is 1. The fourth-order valence-electron chi connectivity index (χ4n) is 2.35. The third-order valence-corrected chi connectivity index (χ3v) is 4.21. The van der Waals surface area contributed by atoms with Gasteiger partial charge in [-0.25, -0.2) is 0 Å². The second-order valence-corrected chi connectivity index (χ2v) is 5.78. The Morgan fingerprint density at radius 3 is 2.46 bits per heavy atom. The van der Waals surface area contributed by atoms with Gasteiger partial charge in [-0.05, 0) is 38.3 Å². The van der Waals surface area contributed by atoms with Crippen LogP contribution in [0.3, 0.4) is 0 Å². The van der Waals surface area contributed by atoms with Crippen LogP contribution in [0.25, 0.3) is 0 Å². The molecule has 6 heteroatoms. The number of ketones is 1. The van der Waals surface area contributed by atoms with Crippen molar-refractivity contribution in [2.45, 2.75) is 52.0 Å². The second-order valence-electron chi connectivity index (χ2n) is 5.78. The summed E-state index contributed by atoms with van der Waals surface area (Å²) in [4.78, 5) is 23.3. The summed E-state index contributed by atoms with van der Waals surface area (Å²) in [5.74, 6) is 0.656. The van der Waals surface area contributed by atoms with Crippen molar-refractivity contribution in [3.05, 3.63) is 29.8 Å². The smallest absolute Gasteiger partial charge is 0.220 e. The Morgan fingerprint density at radius 1 is 1.25 bits per heavy atom. The summed E-state index contributed by atoms with van der Waals surface area (Å²) < 4.78 is 5.60. The van der Waals surface area contributed by atoms with Gasteiger partial charge in [-0.2, -0.15) is 0 Å². The number of nitrogens with one attached hydrogen (secondary N) is 1. The highest BCUT2D eigenvalue weighted by Gasteiger charge is 2.25. The molecule has 5 nitrogen and oxygen atoms in total. The summed E-state index contributed by atoms with van der Waals surface area (Å²) in [5, 5.41) is 3.04. The average molecular weight is 357 g/mol. The van der Waals surface area contributed by atoms with Gasteiger partial charge < -0.3 is 15.8 Å². The van der Waals surface area contributed by atoms with Gasteiger partial charge in [0.25, 0.3) is 0 Å². The minimum Gasteiger partial charge on any atom is -0.494 e. The average Bonchev–Trinajstić information content (AvgIpc) is 2.57. The molecule has 0 heterocycles. The lowest BCUT2D eigenvalue weighted by Crippen LogP contribution is -2.52. The molecule has 24 heavy (non-hydrogen) atoms. The van der Waals surface area contributed by atoms with E-state index in [0.717, 1.165) is 12.8 Å². The molecule has 0 saturated carbocycles. The van der Waals surface area contributed by atoms with Crippen LogP contribution >= 0.6 is 12.4 Å². The standard InChI is InChI=1S/C18H28N2O3.ClH/c1-4-18(5-2,13-19)20-17(22)10-7-11-23-16-9-6-8-15(12-16)14(3)21;/h6,8-9,12H,4-5,7,10-11,13,19H2,1-3H3,(H,20,22);1H. The van der Waals surface area contributed by atoms with Crippen molar-refractivity contribution >= 4 is 24.1 Å². The molecular weight excluding hydrogens is 328 g/mol. The van der Waals surface area contributed by atoms with Crippen LogP contribution in [0.4, 0.5) is 0 Å². The molecule has 0 aliphatic rings. The normalized spacial score (nSPS) is 10.7. The number of nitrogens with two attached hydrogens (primary N) is 1. The van der Waals surface area contributed by atoms with E-state index < -0.39 is 0 Å². The van der Waals surface area contributed by atoms with Gasteiger partial charge in [0.2, 0.25) is 5.91 Å². The molecule has 1 amide bonds. The van der Waals surface area contributed by atoms with Gasteiger partial charge in [0.1, 0.15) is 5.75 Å². The van der Waals surface area contributed by atoms with Crippen molar-refractivity contribution in [3.8, 4) is 5.75 Å². The van der Waals surface area contributed by atoms with Crippen molar-refractivity contribution in [1.82, 2.24) is 5.32 Å². The van der Waals surface area contributed by atoms with Crippen LogP contribution < -0.4 is 15.8 Å². The molecule has 0 atom stereocenters. The number of hydrogen-bond acceptors (Lipinski definition) is 4. The van der Waals surface area contributed by atoms with Gasteiger partial charge in [-0.15, -0.1) is 12.4 Å².